The van der Waals surface area contributed by atoms with Gasteiger partial charge in [-0.05, 0) is 35.9 Å². The molecule has 0 saturated carbocycles. The van der Waals surface area contributed by atoms with E-state index in [2.05, 4.69) is 4.98 Å². The van der Waals surface area contributed by atoms with E-state index in [1.54, 1.807) is 6.07 Å². The zero-order valence-electron chi connectivity index (χ0n) is 14.4. The van der Waals surface area contributed by atoms with Gasteiger partial charge < -0.3 is 4.57 Å². The molecule has 8 heteroatoms. The molecule has 1 aliphatic heterocycles. The second kappa shape index (κ2) is 6.53. The van der Waals surface area contributed by atoms with Crippen LogP contribution in [-0.4, -0.2) is 22.0 Å². The van der Waals surface area contributed by atoms with Crippen molar-refractivity contribution in [2.75, 3.05) is 11.4 Å². The van der Waals surface area contributed by atoms with Crippen molar-refractivity contribution < 1.29 is 18.0 Å². The third-order valence-electron chi connectivity index (χ3n) is 4.54. The summed E-state index contributed by atoms with van der Waals surface area (Å²) in [6, 6.07) is 13.7. The van der Waals surface area contributed by atoms with Crippen LogP contribution in [0.15, 0.2) is 54.1 Å². The number of carbonyl (C=O) groups excluding carboxylic acids is 1. The summed E-state index contributed by atoms with van der Waals surface area (Å²) >= 11 is 0. The smallest absolute Gasteiger partial charge is 0.308 e. The second-order valence-corrected chi connectivity index (χ2v) is 6.30. The van der Waals surface area contributed by atoms with Gasteiger partial charge in [-0.2, -0.15) is 18.4 Å². The molecule has 0 unspecified atom stereocenters. The van der Waals surface area contributed by atoms with Gasteiger partial charge in [0, 0.05) is 13.1 Å². The van der Waals surface area contributed by atoms with Gasteiger partial charge in [-0.25, -0.2) is 4.98 Å². The second-order valence-electron chi connectivity index (χ2n) is 6.30. The van der Waals surface area contributed by atoms with E-state index in [1.165, 1.54) is 23.1 Å². The Kier molecular flexibility index (Phi) is 4.15. The third kappa shape index (κ3) is 3.01. The summed E-state index contributed by atoms with van der Waals surface area (Å²) in [5, 5.41) is 9.42. The van der Waals surface area contributed by atoms with Crippen molar-refractivity contribution in [3.63, 3.8) is 0 Å². The number of hydrogen-bond donors (Lipinski definition) is 0. The van der Waals surface area contributed by atoms with Crippen LogP contribution in [-0.2, 0) is 17.5 Å². The maximum atomic E-state index is 12.9. The number of benzene rings is 2. The number of fused-ring (bicyclic) bond motifs is 3. The van der Waals surface area contributed by atoms with Gasteiger partial charge in [0.25, 0.3) is 5.91 Å². The van der Waals surface area contributed by atoms with E-state index in [-0.39, 0.29) is 11.1 Å². The Morgan fingerprint density at radius 2 is 1.93 bits per heavy atom. The highest BCUT2D eigenvalue weighted by Gasteiger charge is 2.32. The molecule has 0 atom stereocenters. The first-order valence-electron chi connectivity index (χ1n) is 8.44. The van der Waals surface area contributed by atoms with Gasteiger partial charge in [-0.15, -0.1) is 0 Å². The van der Waals surface area contributed by atoms with E-state index >= 15 is 0 Å². The monoisotopic (exact) mass is 382 g/mol. The molecular weight excluding hydrogens is 369 g/mol. The Balaban J connectivity index is 1.68. The van der Waals surface area contributed by atoms with Crippen LogP contribution in [0.5, 0.6) is 0 Å². The molecule has 2 heterocycles. The Labute approximate surface area is 157 Å². The lowest BCUT2D eigenvalue weighted by Gasteiger charge is -2.13. The summed E-state index contributed by atoms with van der Waals surface area (Å²) in [6.45, 7) is 0.872. The van der Waals surface area contributed by atoms with Gasteiger partial charge in [-0.3, -0.25) is 9.69 Å². The van der Waals surface area contributed by atoms with Crippen molar-refractivity contribution in [1.82, 2.24) is 9.55 Å². The summed E-state index contributed by atoms with van der Waals surface area (Å²) in [5.41, 5.74) is 0.657. The lowest BCUT2D eigenvalue weighted by Crippen LogP contribution is -2.30. The first-order valence-corrected chi connectivity index (χ1v) is 8.44. The molecule has 1 amide bonds. The lowest BCUT2D eigenvalue weighted by atomic mass is 10.1. The number of carbonyl (C=O) groups is 1. The summed E-state index contributed by atoms with van der Waals surface area (Å²) in [7, 11) is 0. The molecular formula is C20H13F3N4O. The molecule has 5 nitrogen and oxygen atoms in total. The first-order chi connectivity index (χ1) is 13.4. The van der Waals surface area contributed by atoms with Crippen molar-refractivity contribution in [2.45, 2.75) is 12.7 Å². The molecule has 0 saturated heterocycles. The van der Waals surface area contributed by atoms with E-state index in [9.17, 15) is 23.2 Å². The molecule has 0 bridgehead atoms. The molecule has 0 spiro atoms. The van der Waals surface area contributed by atoms with Gasteiger partial charge in [0.15, 0.2) is 0 Å². The number of imidazole rings is 1. The van der Waals surface area contributed by atoms with E-state index in [1.807, 2.05) is 28.8 Å². The maximum absolute atomic E-state index is 12.9. The summed E-state index contributed by atoms with van der Waals surface area (Å²) in [4.78, 5) is 18.7. The fourth-order valence-electron chi connectivity index (χ4n) is 3.24. The van der Waals surface area contributed by atoms with Crippen LogP contribution in [0.3, 0.4) is 0 Å². The van der Waals surface area contributed by atoms with E-state index in [0.717, 1.165) is 23.2 Å². The predicted octanol–water partition coefficient (Wildman–Crippen LogP) is 4.01. The van der Waals surface area contributed by atoms with Crippen LogP contribution < -0.4 is 4.90 Å². The average Bonchev–Trinajstić information content (AvgIpc) is 3.24. The fraction of sp³-hybridized carbons (Fsp3) is 0.150. The predicted molar refractivity (Wildman–Crippen MR) is 97.1 cm³/mol. The van der Waals surface area contributed by atoms with E-state index in [4.69, 9.17) is 0 Å². The molecule has 1 aromatic heterocycles. The molecule has 0 fully saturated rings. The summed E-state index contributed by atoms with van der Waals surface area (Å²) in [5.74, 6) is -0.162. The zero-order valence-corrected chi connectivity index (χ0v) is 14.4. The topological polar surface area (TPSA) is 61.9 Å². The van der Waals surface area contributed by atoms with Gasteiger partial charge >= 0.3 is 6.18 Å². The Morgan fingerprint density at radius 3 is 2.68 bits per heavy atom. The SMILES string of the molecule is N#C/C(=C\c1cccc(C(F)(F)F)c1)C(=O)N1CCn2c1nc1ccccc12. The molecule has 0 aliphatic carbocycles. The Bertz CT molecular complexity index is 1150. The minimum atomic E-state index is -4.50. The van der Waals surface area contributed by atoms with Crippen LogP contribution in [0.1, 0.15) is 11.1 Å². The van der Waals surface area contributed by atoms with E-state index < -0.39 is 17.6 Å². The van der Waals surface area contributed by atoms with Gasteiger partial charge in [0.1, 0.15) is 11.6 Å². The molecule has 4 rings (SSSR count). The number of nitriles is 1. The van der Waals surface area contributed by atoms with Crippen LogP contribution >= 0.6 is 0 Å². The van der Waals surface area contributed by atoms with Crippen LogP contribution in [0.4, 0.5) is 19.1 Å². The number of para-hydroxylation sites is 2. The van der Waals surface area contributed by atoms with E-state index in [0.29, 0.717) is 19.0 Å². The molecule has 0 radical (unpaired) electrons. The maximum Gasteiger partial charge on any atom is 0.416 e. The number of halogens is 3. The van der Waals surface area contributed by atoms with Crippen molar-refractivity contribution in [2.24, 2.45) is 0 Å². The fourth-order valence-corrected chi connectivity index (χ4v) is 3.24. The summed E-state index contributed by atoms with van der Waals surface area (Å²) in [6.07, 6.45) is -3.33. The third-order valence-corrected chi connectivity index (χ3v) is 4.54. The number of aromatic nitrogens is 2. The molecule has 140 valence electrons. The quantitative estimate of drug-likeness (QED) is 0.497. The molecule has 0 N–H and O–H groups in total. The Morgan fingerprint density at radius 1 is 1.14 bits per heavy atom. The van der Waals surface area contributed by atoms with Crippen molar-refractivity contribution >= 4 is 29.0 Å². The molecule has 28 heavy (non-hydrogen) atoms. The average molecular weight is 382 g/mol. The lowest BCUT2D eigenvalue weighted by molar-refractivity contribution is -0.137. The minimum Gasteiger partial charge on any atom is -0.308 e. The number of alkyl halides is 3. The van der Waals surface area contributed by atoms with Crippen molar-refractivity contribution in [3.8, 4) is 6.07 Å². The largest absolute Gasteiger partial charge is 0.416 e. The number of nitrogens with zero attached hydrogens (tertiary/aromatic N) is 4. The number of hydrogen-bond acceptors (Lipinski definition) is 3. The number of anilines is 1. The van der Waals surface area contributed by atoms with Crippen molar-refractivity contribution in [1.29, 1.82) is 5.26 Å². The Hall–Kier alpha value is -3.60. The molecule has 3 aromatic rings. The van der Waals surface area contributed by atoms with Gasteiger partial charge in [0.2, 0.25) is 5.95 Å². The number of amides is 1. The zero-order chi connectivity index (χ0) is 19.9. The highest BCUT2D eigenvalue weighted by atomic mass is 19.4. The first kappa shape index (κ1) is 17.8. The highest BCUT2D eigenvalue weighted by Crippen LogP contribution is 2.31. The standard InChI is InChI=1S/C20H13F3N4O/c21-20(22,23)15-5-3-4-13(11-15)10-14(12-24)18(28)27-9-8-26-17-7-2-1-6-16(17)25-19(26)27/h1-7,10-11H,8-9H2/b14-10+. The summed E-state index contributed by atoms with van der Waals surface area (Å²) < 4.78 is 40.5. The van der Waals surface area contributed by atoms with Crippen LogP contribution in [0, 0.1) is 11.3 Å². The molecule has 2 aromatic carbocycles. The minimum absolute atomic E-state index is 0.132. The molecule has 1 aliphatic rings. The van der Waals surface area contributed by atoms with Gasteiger partial charge in [0.05, 0.1) is 16.6 Å². The van der Waals surface area contributed by atoms with Crippen LogP contribution in [0.25, 0.3) is 17.1 Å². The van der Waals surface area contributed by atoms with Crippen LogP contribution in [0.2, 0.25) is 0 Å². The van der Waals surface area contributed by atoms with Crippen molar-refractivity contribution in [3.05, 3.63) is 65.2 Å². The number of rotatable bonds is 2. The normalized spacial score (nSPS) is 14.2. The highest BCUT2D eigenvalue weighted by molar-refractivity contribution is 6.11. The van der Waals surface area contributed by atoms with Gasteiger partial charge in [-0.1, -0.05) is 24.3 Å².